The molecule has 0 N–H and O–H groups in total. The van der Waals surface area contributed by atoms with Gasteiger partial charge in [0.15, 0.2) is 17.5 Å². The lowest BCUT2D eigenvalue weighted by molar-refractivity contribution is 0.749. The van der Waals surface area contributed by atoms with E-state index in [0.717, 1.165) is 49.4 Å². The lowest BCUT2D eigenvalue weighted by Gasteiger charge is -2.39. The van der Waals surface area contributed by atoms with E-state index >= 15 is 0 Å². The van der Waals surface area contributed by atoms with Gasteiger partial charge in [-0.2, -0.15) is 0 Å². The van der Waals surface area contributed by atoms with Gasteiger partial charge >= 0.3 is 0 Å². The first-order chi connectivity index (χ1) is 31.7. The van der Waals surface area contributed by atoms with Crippen LogP contribution in [0.15, 0.2) is 218 Å². The van der Waals surface area contributed by atoms with E-state index in [1.807, 2.05) is 0 Å². The molecule has 0 saturated heterocycles. The molecular weight excluding hydrogens is 777 g/mol. The molecule has 14 rings (SSSR count). The minimum atomic E-state index is -0.533. The van der Waals surface area contributed by atoms with E-state index in [1.54, 1.807) is 0 Å². The van der Waals surface area contributed by atoms with Gasteiger partial charge in [0.25, 0.3) is 0 Å². The summed E-state index contributed by atoms with van der Waals surface area (Å²) in [6.07, 6.45) is 0. The van der Waals surface area contributed by atoms with Gasteiger partial charge in [0, 0.05) is 27.5 Å². The van der Waals surface area contributed by atoms with Crippen molar-refractivity contribution in [3.63, 3.8) is 0 Å². The maximum absolute atomic E-state index is 5.28. The van der Waals surface area contributed by atoms with Gasteiger partial charge in [0.2, 0.25) is 0 Å². The number of benzene rings is 10. The van der Waals surface area contributed by atoms with Crippen molar-refractivity contribution in [3.8, 4) is 62.1 Å². The second-order valence-corrected chi connectivity index (χ2v) is 17.1. The highest BCUT2D eigenvalue weighted by molar-refractivity contribution is 6.13. The van der Waals surface area contributed by atoms with E-state index < -0.39 is 5.41 Å². The summed E-state index contributed by atoms with van der Waals surface area (Å²) in [6, 6.07) is 79.2. The summed E-state index contributed by atoms with van der Waals surface area (Å²) in [5.74, 6) is 1.93. The van der Waals surface area contributed by atoms with Gasteiger partial charge in [-0.25, -0.2) is 15.0 Å². The van der Waals surface area contributed by atoms with Crippen molar-refractivity contribution >= 4 is 43.4 Å². The summed E-state index contributed by atoms with van der Waals surface area (Å²) in [5, 5.41) is 7.05. The Labute approximate surface area is 369 Å². The number of fused-ring (bicyclic) bond motifs is 14. The molecule has 2 aliphatic rings. The Kier molecular flexibility index (Phi) is 7.29. The second kappa shape index (κ2) is 13.3. The van der Waals surface area contributed by atoms with Gasteiger partial charge in [-0.3, -0.25) is 0 Å². The second-order valence-electron chi connectivity index (χ2n) is 17.1. The highest BCUT2D eigenvalue weighted by atomic mass is 15.0. The first-order valence-corrected chi connectivity index (χ1v) is 21.9. The van der Waals surface area contributed by atoms with Gasteiger partial charge in [-0.15, -0.1) is 0 Å². The number of hydrogen-bond acceptors (Lipinski definition) is 3. The average Bonchev–Trinajstić information content (AvgIpc) is 3.86. The molecule has 0 amide bonds. The molecule has 1 spiro atoms. The van der Waals surface area contributed by atoms with Gasteiger partial charge in [-0.1, -0.05) is 194 Å². The third-order valence-electron chi connectivity index (χ3n) is 13.8. The van der Waals surface area contributed by atoms with Crippen LogP contribution in [0, 0.1) is 0 Å². The molecule has 0 bridgehead atoms. The average molecular weight is 813 g/mol. The minimum absolute atomic E-state index is 0.533. The molecule has 1 atom stereocenters. The van der Waals surface area contributed by atoms with Crippen LogP contribution >= 0.6 is 0 Å². The molecule has 3 heterocycles. The molecule has 2 aromatic heterocycles. The Morgan fingerprint density at radius 2 is 0.828 bits per heavy atom. The van der Waals surface area contributed by atoms with Crippen LogP contribution in [0.1, 0.15) is 22.3 Å². The molecule has 1 aliphatic carbocycles. The summed E-state index contributed by atoms with van der Waals surface area (Å²) >= 11 is 0. The molecular formula is C60H36N4. The monoisotopic (exact) mass is 812 g/mol. The number of para-hydroxylation sites is 3. The Hall–Kier alpha value is -8.47. The number of hydrogen-bond donors (Lipinski definition) is 0. The lowest BCUT2D eigenvalue weighted by Crippen LogP contribution is -2.33. The molecule has 12 aromatic rings. The topological polar surface area (TPSA) is 43.6 Å². The Balaban J connectivity index is 0.986. The summed E-state index contributed by atoms with van der Waals surface area (Å²) in [5.41, 5.74) is 16.1. The smallest absolute Gasteiger partial charge is 0.164 e. The van der Waals surface area contributed by atoms with Crippen LogP contribution in [0.4, 0.5) is 0 Å². The Bertz CT molecular complexity index is 3830. The largest absolute Gasteiger partial charge is 0.309 e. The van der Waals surface area contributed by atoms with Crippen LogP contribution in [0.5, 0.6) is 0 Å². The van der Waals surface area contributed by atoms with E-state index in [1.165, 1.54) is 60.9 Å². The van der Waals surface area contributed by atoms with E-state index in [9.17, 15) is 0 Å². The van der Waals surface area contributed by atoms with E-state index in [4.69, 9.17) is 15.0 Å². The molecule has 1 aliphatic heterocycles. The van der Waals surface area contributed by atoms with E-state index in [-0.39, 0.29) is 0 Å². The van der Waals surface area contributed by atoms with Crippen molar-refractivity contribution in [2.75, 3.05) is 0 Å². The fourth-order valence-electron chi connectivity index (χ4n) is 11.2. The molecule has 0 saturated carbocycles. The maximum atomic E-state index is 5.28. The molecule has 0 radical (unpaired) electrons. The van der Waals surface area contributed by atoms with Crippen molar-refractivity contribution in [1.29, 1.82) is 0 Å². The Morgan fingerprint density at radius 3 is 1.61 bits per heavy atom. The van der Waals surface area contributed by atoms with Crippen molar-refractivity contribution in [1.82, 2.24) is 19.5 Å². The van der Waals surface area contributed by atoms with E-state index in [2.05, 4.69) is 223 Å². The normalized spacial score (nSPS) is 14.6. The van der Waals surface area contributed by atoms with Crippen molar-refractivity contribution < 1.29 is 0 Å². The van der Waals surface area contributed by atoms with Crippen LogP contribution in [0.3, 0.4) is 0 Å². The zero-order valence-corrected chi connectivity index (χ0v) is 34.6. The summed E-state index contributed by atoms with van der Waals surface area (Å²) in [4.78, 5) is 15.8. The van der Waals surface area contributed by atoms with Crippen LogP contribution < -0.4 is 0 Å². The summed E-state index contributed by atoms with van der Waals surface area (Å²) in [7, 11) is 0. The summed E-state index contributed by atoms with van der Waals surface area (Å²) in [6.45, 7) is 0. The third-order valence-corrected chi connectivity index (χ3v) is 13.8. The van der Waals surface area contributed by atoms with Crippen LogP contribution in [-0.2, 0) is 5.41 Å². The highest BCUT2D eigenvalue weighted by Crippen LogP contribution is 2.61. The molecule has 4 heteroatoms. The fraction of sp³-hybridized carbons (Fsp3) is 0.0167. The van der Waals surface area contributed by atoms with E-state index in [0.29, 0.717) is 17.5 Å². The minimum Gasteiger partial charge on any atom is -0.309 e. The van der Waals surface area contributed by atoms with Gasteiger partial charge in [0.1, 0.15) is 0 Å². The number of rotatable bonds is 4. The quantitative estimate of drug-likeness (QED) is 0.178. The first kappa shape index (κ1) is 35.2. The van der Waals surface area contributed by atoms with Crippen LogP contribution in [0.25, 0.3) is 105 Å². The SMILES string of the molecule is c1cc(-c2ccc3c(c2)C2(c4ccccc4-3)c3ccccc3-n3c4ccccc4c4cccc2c43)cc(-c2nc(-c3cccc4ccccc34)nc(-c3cccc4ccccc34)n2)c1. The molecule has 4 nitrogen and oxygen atoms in total. The van der Waals surface area contributed by atoms with Crippen LogP contribution in [-0.4, -0.2) is 19.5 Å². The lowest BCUT2D eigenvalue weighted by atomic mass is 9.65. The van der Waals surface area contributed by atoms with Crippen molar-refractivity contribution in [3.05, 3.63) is 241 Å². The zero-order valence-electron chi connectivity index (χ0n) is 34.6. The molecule has 64 heavy (non-hydrogen) atoms. The molecule has 296 valence electrons. The highest BCUT2D eigenvalue weighted by Gasteiger charge is 2.50. The predicted octanol–water partition coefficient (Wildman–Crippen LogP) is 14.6. The Morgan fingerprint density at radius 1 is 0.312 bits per heavy atom. The maximum Gasteiger partial charge on any atom is 0.164 e. The fourth-order valence-corrected chi connectivity index (χ4v) is 11.2. The van der Waals surface area contributed by atoms with Crippen molar-refractivity contribution in [2.24, 2.45) is 0 Å². The standard InChI is InChI=1S/C60H36N4/c1-3-21-42-37(15-1)17-12-26-48(42)58-61-57(62-59(63-58)49-27-13-18-38-16-2-4-22-43(38)49)41-20-11-19-39(35-41)40-33-34-45-44-23-5-7-28-50(44)60(53(45)36-40)51-29-8-10-32-55(51)64-54-31-9-6-24-46(54)47-25-14-30-52(60)56(47)64/h1-36H. The van der Waals surface area contributed by atoms with Gasteiger partial charge in [0.05, 0.1) is 22.1 Å². The van der Waals surface area contributed by atoms with Gasteiger partial charge < -0.3 is 4.57 Å². The van der Waals surface area contributed by atoms with Crippen LogP contribution in [0.2, 0.25) is 0 Å². The zero-order chi connectivity index (χ0) is 41.9. The molecule has 1 unspecified atom stereocenters. The first-order valence-electron chi connectivity index (χ1n) is 21.9. The third kappa shape index (κ3) is 4.79. The molecule has 0 fully saturated rings. The number of aromatic nitrogens is 4. The molecule has 10 aromatic carbocycles. The van der Waals surface area contributed by atoms with Crippen molar-refractivity contribution in [2.45, 2.75) is 5.41 Å². The predicted molar refractivity (Wildman–Crippen MR) is 262 cm³/mol. The summed E-state index contributed by atoms with van der Waals surface area (Å²) < 4.78 is 2.50. The van der Waals surface area contributed by atoms with Gasteiger partial charge in [-0.05, 0) is 90.3 Å². The number of nitrogens with zero attached hydrogens (tertiary/aromatic N) is 4.